The van der Waals surface area contributed by atoms with Crippen LogP contribution in [0.15, 0.2) is 43.0 Å². The lowest BCUT2D eigenvalue weighted by atomic mass is 10.1. The molecule has 0 bridgehead atoms. The number of aromatic nitrogens is 4. The van der Waals surface area contributed by atoms with E-state index in [1.165, 1.54) is 6.33 Å². The third kappa shape index (κ3) is 2.47. The molecule has 24 heavy (non-hydrogen) atoms. The van der Waals surface area contributed by atoms with Crippen molar-refractivity contribution >= 4 is 22.9 Å². The molecule has 3 aromatic rings. The standard InChI is InChI=1S/C17H18N6O/c18-15-14-16(20-9-19-15)23(10-21-14)13-8-4-7-12(13)22-17(24)11-5-2-1-3-6-11/h1-3,5-6,9-10,12-13H,4,7-8H2,(H,22,24)(H2,18,19,20)/t12-,13-/m1/s1. The number of imidazole rings is 1. The summed E-state index contributed by atoms with van der Waals surface area (Å²) in [5, 5.41) is 3.15. The Bertz CT molecular complexity index is 875. The lowest BCUT2D eigenvalue weighted by molar-refractivity contribution is 0.0929. The largest absolute Gasteiger partial charge is 0.382 e. The van der Waals surface area contributed by atoms with Crippen molar-refractivity contribution < 1.29 is 4.79 Å². The Hall–Kier alpha value is -2.96. The zero-order valence-corrected chi connectivity index (χ0v) is 13.1. The molecule has 1 aliphatic rings. The second kappa shape index (κ2) is 5.92. The first-order valence-electron chi connectivity index (χ1n) is 8.03. The molecule has 1 saturated carbocycles. The highest BCUT2D eigenvalue weighted by atomic mass is 16.1. The maximum absolute atomic E-state index is 12.5. The van der Waals surface area contributed by atoms with Crippen molar-refractivity contribution in [3.63, 3.8) is 0 Å². The fourth-order valence-corrected chi connectivity index (χ4v) is 3.40. The number of nitrogens with zero attached hydrogens (tertiary/aromatic N) is 4. The van der Waals surface area contributed by atoms with Gasteiger partial charge in [-0.05, 0) is 31.4 Å². The summed E-state index contributed by atoms with van der Waals surface area (Å²) in [7, 11) is 0. The van der Waals surface area contributed by atoms with Gasteiger partial charge in [0, 0.05) is 11.6 Å². The van der Waals surface area contributed by atoms with E-state index in [9.17, 15) is 4.79 Å². The number of fused-ring (bicyclic) bond motifs is 1. The highest BCUT2D eigenvalue weighted by Crippen LogP contribution is 2.32. The van der Waals surface area contributed by atoms with Crippen molar-refractivity contribution in [1.82, 2.24) is 24.8 Å². The normalized spacial score (nSPS) is 20.3. The number of carbonyl (C=O) groups excluding carboxylic acids is 1. The van der Waals surface area contributed by atoms with E-state index in [0.717, 1.165) is 19.3 Å². The number of hydrogen-bond acceptors (Lipinski definition) is 5. The topological polar surface area (TPSA) is 98.7 Å². The Morgan fingerprint density at radius 3 is 2.83 bits per heavy atom. The molecule has 2 heterocycles. The number of hydrogen-bond donors (Lipinski definition) is 2. The first kappa shape index (κ1) is 14.6. The predicted molar refractivity (Wildman–Crippen MR) is 90.3 cm³/mol. The Labute approximate surface area is 138 Å². The van der Waals surface area contributed by atoms with Crippen LogP contribution in [0, 0.1) is 0 Å². The molecule has 4 rings (SSSR count). The Morgan fingerprint density at radius 1 is 1.17 bits per heavy atom. The lowest BCUT2D eigenvalue weighted by Crippen LogP contribution is -2.38. The summed E-state index contributed by atoms with van der Waals surface area (Å²) in [5.74, 6) is 0.327. The van der Waals surface area contributed by atoms with Gasteiger partial charge in [0.25, 0.3) is 5.91 Å². The van der Waals surface area contributed by atoms with Crippen molar-refractivity contribution in [3.8, 4) is 0 Å². The van der Waals surface area contributed by atoms with Gasteiger partial charge < -0.3 is 15.6 Å². The van der Waals surface area contributed by atoms with Crippen LogP contribution in [0.25, 0.3) is 11.2 Å². The van der Waals surface area contributed by atoms with Crippen molar-refractivity contribution in [2.75, 3.05) is 5.73 Å². The van der Waals surface area contributed by atoms with E-state index in [0.29, 0.717) is 22.5 Å². The zero-order valence-electron chi connectivity index (χ0n) is 13.1. The molecule has 0 unspecified atom stereocenters. The number of rotatable bonds is 3. The molecular weight excluding hydrogens is 304 g/mol. The summed E-state index contributed by atoms with van der Waals surface area (Å²) in [6.07, 6.45) is 6.14. The first-order valence-corrected chi connectivity index (χ1v) is 8.03. The number of carbonyl (C=O) groups is 1. The van der Waals surface area contributed by atoms with Gasteiger partial charge in [0.2, 0.25) is 0 Å². The smallest absolute Gasteiger partial charge is 0.251 e. The average Bonchev–Trinajstić information content (AvgIpc) is 3.23. The minimum Gasteiger partial charge on any atom is -0.382 e. The molecule has 0 aliphatic heterocycles. The molecule has 7 nitrogen and oxygen atoms in total. The molecule has 7 heteroatoms. The summed E-state index contributed by atoms with van der Waals surface area (Å²) in [5.41, 5.74) is 7.86. The average molecular weight is 322 g/mol. The summed E-state index contributed by atoms with van der Waals surface area (Å²) >= 11 is 0. The molecule has 3 N–H and O–H groups in total. The molecule has 1 amide bonds. The molecule has 2 aromatic heterocycles. The summed E-state index contributed by atoms with van der Waals surface area (Å²) in [6, 6.07) is 9.44. The summed E-state index contributed by atoms with van der Waals surface area (Å²) < 4.78 is 2.01. The van der Waals surface area contributed by atoms with Gasteiger partial charge in [0.05, 0.1) is 12.4 Å². The molecule has 0 saturated heterocycles. The third-order valence-corrected chi connectivity index (χ3v) is 4.58. The second-order valence-corrected chi connectivity index (χ2v) is 6.03. The van der Waals surface area contributed by atoms with E-state index >= 15 is 0 Å². The maximum atomic E-state index is 12.5. The predicted octanol–water partition coefficient (Wildman–Crippen LogP) is 1.93. The molecule has 1 fully saturated rings. The van der Waals surface area contributed by atoms with Crippen LogP contribution in [0.5, 0.6) is 0 Å². The van der Waals surface area contributed by atoms with Crippen LogP contribution in [0.1, 0.15) is 35.7 Å². The second-order valence-electron chi connectivity index (χ2n) is 6.03. The van der Waals surface area contributed by atoms with E-state index in [1.807, 2.05) is 34.9 Å². The van der Waals surface area contributed by atoms with Crippen LogP contribution < -0.4 is 11.1 Å². The van der Waals surface area contributed by atoms with Crippen molar-refractivity contribution in [1.29, 1.82) is 0 Å². The fraction of sp³-hybridized carbons (Fsp3) is 0.294. The van der Waals surface area contributed by atoms with E-state index in [4.69, 9.17) is 5.73 Å². The number of amides is 1. The van der Waals surface area contributed by atoms with Crippen LogP contribution in [0.2, 0.25) is 0 Å². The van der Waals surface area contributed by atoms with E-state index < -0.39 is 0 Å². The van der Waals surface area contributed by atoms with Gasteiger partial charge in [-0.3, -0.25) is 4.79 Å². The van der Waals surface area contributed by atoms with Crippen molar-refractivity contribution in [3.05, 3.63) is 48.5 Å². The molecule has 122 valence electrons. The number of nitrogen functional groups attached to an aromatic ring is 1. The Morgan fingerprint density at radius 2 is 2.00 bits per heavy atom. The highest BCUT2D eigenvalue weighted by molar-refractivity contribution is 5.94. The van der Waals surface area contributed by atoms with Crippen LogP contribution in [-0.2, 0) is 0 Å². The van der Waals surface area contributed by atoms with Gasteiger partial charge in [-0.15, -0.1) is 0 Å². The van der Waals surface area contributed by atoms with Crippen LogP contribution >= 0.6 is 0 Å². The van der Waals surface area contributed by atoms with E-state index in [-0.39, 0.29) is 18.0 Å². The first-order chi connectivity index (χ1) is 11.7. The Balaban J connectivity index is 1.61. The maximum Gasteiger partial charge on any atom is 0.251 e. The van der Waals surface area contributed by atoms with Gasteiger partial charge in [-0.1, -0.05) is 18.2 Å². The molecule has 1 aliphatic carbocycles. The number of nitrogens with one attached hydrogen (secondary N) is 1. The number of anilines is 1. The molecule has 2 atom stereocenters. The fourth-order valence-electron chi connectivity index (χ4n) is 3.40. The van der Waals surface area contributed by atoms with Gasteiger partial charge in [-0.25, -0.2) is 15.0 Å². The number of nitrogens with two attached hydrogens (primary N) is 1. The Kier molecular flexibility index (Phi) is 3.60. The monoisotopic (exact) mass is 322 g/mol. The molecule has 0 spiro atoms. The quantitative estimate of drug-likeness (QED) is 0.767. The molecular formula is C17H18N6O. The summed E-state index contributed by atoms with van der Waals surface area (Å²) in [6.45, 7) is 0. The number of benzene rings is 1. The minimum atomic E-state index is -0.0499. The molecule has 0 radical (unpaired) electrons. The van der Waals surface area contributed by atoms with Crippen LogP contribution in [0.3, 0.4) is 0 Å². The van der Waals surface area contributed by atoms with E-state index in [1.54, 1.807) is 6.33 Å². The zero-order chi connectivity index (χ0) is 16.5. The SMILES string of the molecule is Nc1ncnc2c1ncn2[C@@H]1CCC[C@H]1NC(=O)c1ccccc1. The van der Waals surface area contributed by atoms with Gasteiger partial charge >= 0.3 is 0 Å². The molecule has 1 aromatic carbocycles. The highest BCUT2D eigenvalue weighted by Gasteiger charge is 2.31. The summed E-state index contributed by atoms with van der Waals surface area (Å²) in [4.78, 5) is 25.1. The third-order valence-electron chi connectivity index (χ3n) is 4.58. The van der Waals surface area contributed by atoms with Gasteiger partial charge in [0.15, 0.2) is 11.5 Å². The minimum absolute atomic E-state index is 0.0475. The van der Waals surface area contributed by atoms with Crippen LogP contribution in [-0.4, -0.2) is 31.5 Å². The van der Waals surface area contributed by atoms with Gasteiger partial charge in [-0.2, -0.15) is 0 Å². The van der Waals surface area contributed by atoms with Crippen molar-refractivity contribution in [2.45, 2.75) is 31.3 Å². The lowest BCUT2D eigenvalue weighted by Gasteiger charge is -2.22. The van der Waals surface area contributed by atoms with Crippen LogP contribution in [0.4, 0.5) is 5.82 Å². The van der Waals surface area contributed by atoms with Gasteiger partial charge in [0.1, 0.15) is 11.8 Å². The van der Waals surface area contributed by atoms with E-state index in [2.05, 4.69) is 20.3 Å². The van der Waals surface area contributed by atoms with Crippen molar-refractivity contribution in [2.24, 2.45) is 0 Å².